The van der Waals surface area contributed by atoms with Gasteiger partial charge < -0.3 is 10.6 Å². The van der Waals surface area contributed by atoms with Crippen molar-refractivity contribution in [1.82, 2.24) is 5.32 Å². The van der Waals surface area contributed by atoms with Crippen LogP contribution in [0, 0.1) is 5.92 Å². The van der Waals surface area contributed by atoms with Gasteiger partial charge in [-0.3, -0.25) is 4.79 Å². The van der Waals surface area contributed by atoms with Crippen molar-refractivity contribution in [3.63, 3.8) is 0 Å². The molecule has 1 aliphatic rings. The molecule has 19 heavy (non-hydrogen) atoms. The Hall–Kier alpha value is 0.250. The molecule has 5 nitrogen and oxygen atoms in total. The van der Waals surface area contributed by atoms with Crippen LogP contribution < -0.4 is 10.6 Å². The summed E-state index contributed by atoms with van der Waals surface area (Å²) < 4.78 is 21.1. The van der Waals surface area contributed by atoms with Crippen molar-refractivity contribution in [2.75, 3.05) is 11.5 Å². The van der Waals surface area contributed by atoms with Crippen LogP contribution >= 0.6 is 34.8 Å². The first-order valence-electron chi connectivity index (χ1n) is 5.94. The number of rotatable bonds is 4. The first kappa shape index (κ1) is 17.3. The van der Waals surface area contributed by atoms with Gasteiger partial charge >= 0.3 is 0 Å². The fourth-order valence-corrected chi connectivity index (χ4v) is 3.95. The number of carbonyl (C=O) groups is 1. The number of nitrogens with two attached hydrogens (primary N) is 1. The minimum atomic E-state index is -3.00. The first-order chi connectivity index (χ1) is 8.51. The Morgan fingerprint density at radius 2 is 1.95 bits per heavy atom. The Labute approximate surface area is 128 Å². The Morgan fingerprint density at radius 3 is 2.32 bits per heavy atom. The molecular weight excluding hydrogens is 335 g/mol. The number of carbonyl (C=O) groups excluding carboxylic acids is 1. The van der Waals surface area contributed by atoms with Crippen molar-refractivity contribution in [3.8, 4) is 0 Å². The van der Waals surface area contributed by atoms with Gasteiger partial charge in [-0.1, -0.05) is 48.7 Å². The van der Waals surface area contributed by atoms with Crippen molar-refractivity contribution < 1.29 is 18.5 Å². The summed E-state index contributed by atoms with van der Waals surface area (Å²) in [6.45, 7) is 3.45. The monoisotopic (exact) mass is 351 g/mol. The fourth-order valence-electron chi connectivity index (χ4n) is 1.81. The van der Waals surface area contributed by atoms with E-state index in [-0.39, 0.29) is 29.4 Å². The zero-order valence-electron chi connectivity index (χ0n) is 10.7. The van der Waals surface area contributed by atoms with E-state index in [0.29, 0.717) is 6.42 Å². The third-order valence-electron chi connectivity index (χ3n) is 2.91. The number of amides is 1. The molecule has 0 saturated carbocycles. The molecule has 1 saturated heterocycles. The third-order valence-corrected chi connectivity index (χ3v) is 5.41. The first-order valence-corrected chi connectivity index (χ1v) is 8.89. The van der Waals surface area contributed by atoms with Crippen molar-refractivity contribution in [2.45, 2.75) is 36.3 Å². The predicted molar refractivity (Wildman–Crippen MR) is 76.0 cm³/mol. The maximum Gasteiger partial charge on any atom is 0.262 e. The van der Waals surface area contributed by atoms with E-state index in [1.807, 2.05) is 0 Å². The van der Waals surface area contributed by atoms with Gasteiger partial charge in [0.25, 0.3) is 3.79 Å². The van der Waals surface area contributed by atoms with Crippen LogP contribution in [0.15, 0.2) is 0 Å². The highest BCUT2D eigenvalue weighted by Gasteiger charge is 2.42. The average molecular weight is 353 g/mol. The van der Waals surface area contributed by atoms with Gasteiger partial charge in [-0.15, -0.1) is 0 Å². The predicted octanol–water partition coefficient (Wildman–Crippen LogP) is 0.205. The van der Waals surface area contributed by atoms with E-state index in [0.717, 1.165) is 0 Å². The molecule has 0 aromatic rings. The molecule has 0 aromatic heterocycles. The van der Waals surface area contributed by atoms with E-state index >= 15 is 0 Å². The summed E-state index contributed by atoms with van der Waals surface area (Å²) in [5.41, 5.74) is 0. The Kier molecular flexibility index (Phi) is 5.78. The van der Waals surface area contributed by atoms with Gasteiger partial charge in [-0.05, 0) is 0 Å². The molecule has 1 fully saturated rings. The second-order valence-electron chi connectivity index (χ2n) is 5.04. The smallest absolute Gasteiger partial charge is 0.262 e. The lowest BCUT2D eigenvalue weighted by Crippen LogP contribution is -3.01. The van der Waals surface area contributed by atoms with Crippen molar-refractivity contribution in [2.24, 2.45) is 5.92 Å². The Balaban J connectivity index is 2.69. The summed E-state index contributed by atoms with van der Waals surface area (Å²) in [7, 11) is -3.00. The van der Waals surface area contributed by atoms with Gasteiger partial charge in [0, 0.05) is 12.3 Å². The lowest BCUT2D eigenvalue weighted by molar-refractivity contribution is -0.719. The van der Waals surface area contributed by atoms with E-state index in [9.17, 15) is 13.2 Å². The summed E-state index contributed by atoms with van der Waals surface area (Å²) in [6, 6.07) is -0.196. The molecule has 3 N–H and O–H groups in total. The lowest BCUT2D eigenvalue weighted by atomic mass is 10.2. The molecule has 1 rings (SSSR count). The van der Waals surface area contributed by atoms with Crippen LogP contribution in [0.1, 0.15) is 20.3 Å². The molecule has 9 heteroatoms. The quantitative estimate of drug-likeness (QED) is 0.560. The van der Waals surface area contributed by atoms with Gasteiger partial charge in [0.1, 0.15) is 11.8 Å². The van der Waals surface area contributed by atoms with Crippen LogP contribution in [-0.4, -0.2) is 41.8 Å². The SMILES string of the molecule is CC(C)C(=O)N[C@@H]([NH2+][C@H]1CCS(=O)(=O)C1)C(Cl)(Cl)Cl. The van der Waals surface area contributed by atoms with Crippen LogP contribution in [0.25, 0.3) is 0 Å². The Bertz CT molecular complexity index is 434. The van der Waals surface area contributed by atoms with E-state index in [1.54, 1.807) is 19.2 Å². The number of hydrogen-bond donors (Lipinski definition) is 2. The summed E-state index contributed by atoms with van der Waals surface area (Å²) in [5, 5.41) is 4.25. The Morgan fingerprint density at radius 1 is 1.37 bits per heavy atom. The third kappa shape index (κ3) is 5.63. The minimum absolute atomic E-state index is 0.0434. The maximum absolute atomic E-state index is 11.7. The molecule has 0 spiro atoms. The molecule has 0 radical (unpaired) electrons. The topological polar surface area (TPSA) is 79.8 Å². The normalized spacial score (nSPS) is 24.4. The molecule has 0 aliphatic carbocycles. The van der Waals surface area contributed by atoms with Gasteiger partial charge in [-0.2, -0.15) is 0 Å². The number of nitrogens with one attached hydrogen (secondary N) is 1. The molecule has 1 heterocycles. The van der Waals surface area contributed by atoms with Crippen molar-refractivity contribution >= 4 is 50.5 Å². The van der Waals surface area contributed by atoms with Crippen LogP contribution in [0.2, 0.25) is 0 Å². The number of sulfone groups is 1. The van der Waals surface area contributed by atoms with Crippen LogP contribution in [0.3, 0.4) is 0 Å². The van der Waals surface area contributed by atoms with E-state index < -0.39 is 19.8 Å². The zero-order chi connectivity index (χ0) is 14.8. The standard InChI is InChI=1S/C10H17Cl3N2O3S/c1-6(2)8(16)15-9(10(11,12)13)14-7-3-4-19(17,18)5-7/h6-7,9,14H,3-5H2,1-2H3,(H,15,16)/p+1/t7-,9+/m0/s1. The second kappa shape index (κ2) is 6.35. The van der Waals surface area contributed by atoms with Crippen LogP contribution in [0.5, 0.6) is 0 Å². The molecule has 0 aromatic carbocycles. The fraction of sp³-hybridized carbons (Fsp3) is 0.900. The minimum Gasteiger partial charge on any atom is -0.320 e. The van der Waals surface area contributed by atoms with Crippen LogP contribution in [-0.2, 0) is 14.6 Å². The van der Waals surface area contributed by atoms with Crippen molar-refractivity contribution in [1.29, 1.82) is 0 Å². The molecular formula is C10H18Cl3N2O3S+. The number of quaternary nitrogens is 1. The summed E-state index contributed by atoms with van der Waals surface area (Å²) in [6.07, 6.45) is -0.303. The molecule has 0 bridgehead atoms. The van der Waals surface area contributed by atoms with Gasteiger partial charge in [0.2, 0.25) is 12.1 Å². The largest absolute Gasteiger partial charge is 0.320 e. The highest BCUT2D eigenvalue weighted by atomic mass is 35.6. The van der Waals surface area contributed by atoms with E-state index in [4.69, 9.17) is 34.8 Å². The average Bonchev–Trinajstić information content (AvgIpc) is 2.55. The van der Waals surface area contributed by atoms with E-state index in [2.05, 4.69) is 5.32 Å². The lowest BCUT2D eigenvalue weighted by Gasteiger charge is -2.26. The molecule has 2 atom stereocenters. The summed E-state index contributed by atoms with van der Waals surface area (Å²) in [4.78, 5) is 11.7. The number of hydrogen-bond acceptors (Lipinski definition) is 3. The maximum atomic E-state index is 11.7. The number of halogens is 3. The van der Waals surface area contributed by atoms with Gasteiger partial charge in [-0.25, -0.2) is 8.42 Å². The highest BCUT2D eigenvalue weighted by Crippen LogP contribution is 2.27. The van der Waals surface area contributed by atoms with Gasteiger partial charge in [0.05, 0.1) is 5.75 Å². The molecule has 1 amide bonds. The van der Waals surface area contributed by atoms with E-state index in [1.165, 1.54) is 0 Å². The summed E-state index contributed by atoms with van der Waals surface area (Å²) in [5.74, 6) is -0.301. The molecule has 112 valence electrons. The van der Waals surface area contributed by atoms with Crippen LogP contribution in [0.4, 0.5) is 0 Å². The van der Waals surface area contributed by atoms with Gasteiger partial charge in [0.15, 0.2) is 9.84 Å². The summed E-state index contributed by atoms with van der Waals surface area (Å²) >= 11 is 17.5. The number of alkyl halides is 3. The van der Waals surface area contributed by atoms with Crippen molar-refractivity contribution in [3.05, 3.63) is 0 Å². The second-order valence-corrected chi connectivity index (χ2v) is 9.64. The zero-order valence-corrected chi connectivity index (χ0v) is 13.8. The molecule has 1 aliphatic heterocycles. The highest BCUT2D eigenvalue weighted by molar-refractivity contribution is 7.91. The molecule has 0 unspecified atom stereocenters.